The first-order valence-corrected chi connectivity index (χ1v) is 13.7. The van der Waals surface area contributed by atoms with Gasteiger partial charge in [0, 0.05) is 24.6 Å². The highest BCUT2D eigenvalue weighted by Crippen LogP contribution is 2.48. The minimum absolute atomic E-state index is 0.0185. The number of halogens is 2. The highest BCUT2D eigenvalue weighted by Gasteiger charge is 2.56. The number of amides is 3. The Hall–Kier alpha value is -3.56. The van der Waals surface area contributed by atoms with Gasteiger partial charge in [-0.05, 0) is 85.0 Å². The number of nitrogens with two attached hydrogens (primary N) is 1. The average Bonchev–Trinajstić information content (AvgIpc) is 3.88. The maximum Gasteiger partial charge on any atom is 0.323 e. The molecule has 1 aromatic carbocycles. The molecule has 1 saturated heterocycles. The summed E-state index contributed by atoms with van der Waals surface area (Å²) in [6.45, 7) is 0. The number of pyridine rings is 2. The molecule has 3 fully saturated rings. The molecule has 4 atom stereocenters. The zero-order valence-electron chi connectivity index (χ0n) is 21.3. The lowest BCUT2D eigenvalue weighted by Gasteiger charge is -2.32. The molecule has 8 nitrogen and oxygen atoms in total. The Morgan fingerprint density at radius 1 is 1.08 bits per heavy atom. The van der Waals surface area contributed by atoms with Gasteiger partial charge in [0.25, 0.3) is 0 Å². The zero-order chi connectivity index (χ0) is 27.1. The molecule has 0 spiro atoms. The van der Waals surface area contributed by atoms with E-state index in [1.165, 1.54) is 25.1 Å². The van der Waals surface area contributed by atoms with Crippen molar-refractivity contribution in [2.24, 2.45) is 17.6 Å². The Labute approximate surface area is 231 Å². The van der Waals surface area contributed by atoms with Crippen molar-refractivity contribution in [1.82, 2.24) is 14.9 Å². The van der Waals surface area contributed by atoms with Crippen molar-refractivity contribution >= 4 is 35.0 Å². The van der Waals surface area contributed by atoms with Crippen LogP contribution in [-0.4, -0.2) is 38.9 Å². The summed E-state index contributed by atoms with van der Waals surface area (Å²) in [6.07, 6.45) is 10.3. The van der Waals surface area contributed by atoms with Gasteiger partial charge in [-0.3, -0.25) is 15.1 Å². The van der Waals surface area contributed by atoms with Crippen molar-refractivity contribution in [3.63, 3.8) is 0 Å². The number of hydrogen-bond acceptors (Lipinski definition) is 5. The highest BCUT2D eigenvalue weighted by atomic mass is 35.5. The standard InChI is InChI=1S/C29H30ClFN6O2/c30-21-4-6-26(34-16-21)36-28(39)37-24-13-18(24)14-25(37)27(38)35-23-15-20(3-5-22(23)31)29(32,10-7-17-1-2-17)19-8-11-33-12-9-19/h3-6,8-9,11-12,15-18,24-25H,1-2,7,10,13-14,32H2,(H,35,38)(H,34,36,39)/t18-,24-,25-,29?/m1/s1. The Balaban J connectivity index is 1.22. The summed E-state index contributed by atoms with van der Waals surface area (Å²) >= 11 is 5.89. The fourth-order valence-corrected chi connectivity index (χ4v) is 5.78. The van der Waals surface area contributed by atoms with E-state index in [0.29, 0.717) is 35.2 Å². The van der Waals surface area contributed by atoms with E-state index in [9.17, 15) is 9.59 Å². The third kappa shape index (κ3) is 5.33. The van der Waals surface area contributed by atoms with Gasteiger partial charge in [0.1, 0.15) is 17.7 Å². The van der Waals surface area contributed by atoms with Crippen LogP contribution in [0.5, 0.6) is 0 Å². The zero-order valence-corrected chi connectivity index (χ0v) is 22.1. The first-order chi connectivity index (χ1) is 18.8. The summed E-state index contributed by atoms with van der Waals surface area (Å²) < 4.78 is 15.0. The van der Waals surface area contributed by atoms with Crippen LogP contribution in [-0.2, 0) is 10.3 Å². The van der Waals surface area contributed by atoms with Gasteiger partial charge in [-0.1, -0.05) is 30.5 Å². The fourth-order valence-electron chi connectivity index (χ4n) is 5.66. The molecule has 2 aliphatic carbocycles. The Kier molecular flexibility index (Phi) is 6.72. The molecule has 2 aromatic heterocycles. The average molecular weight is 549 g/mol. The number of likely N-dealkylation sites (tertiary alicyclic amines) is 1. The second kappa shape index (κ2) is 10.2. The van der Waals surface area contributed by atoms with Crippen molar-refractivity contribution in [1.29, 1.82) is 0 Å². The number of piperidine rings is 1. The minimum Gasteiger partial charge on any atom is -0.322 e. The lowest BCUT2D eigenvalue weighted by molar-refractivity contribution is -0.120. The number of rotatable bonds is 8. The Morgan fingerprint density at radius 2 is 1.87 bits per heavy atom. The van der Waals surface area contributed by atoms with Crippen molar-refractivity contribution in [3.05, 3.63) is 83.0 Å². The van der Waals surface area contributed by atoms with E-state index in [0.717, 1.165) is 18.4 Å². The van der Waals surface area contributed by atoms with Crippen molar-refractivity contribution in [3.8, 4) is 0 Å². The van der Waals surface area contributed by atoms with Crippen molar-refractivity contribution in [2.75, 3.05) is 10.6 Å². The van der Waals surface area contributed by atoms with E-state index in [1.54, 1.807) is 41.6 Å². The fraction of sp³-hybridized carbons (Fsp3) is 0.379. The molecule has 3 aromatic rings. The first kappa shape index (κ1) is 25.7. The van der Waals surface area contributed by atoms with Crippen molar-refractivity contribution < 1.29 is 14.0 Å². The van der Waals surface area contributed by atoms with Gasteiger partial charge >= 0.3 is 6.03 Å². The molecule has 2 saturated carbocycles. The molecule has 6 rings (SSSR count). The number of nitrogens with one attached hydrogen (secondary N) is 2. The van der Waals surface area contributed by atoms with E-state index in [1.807, 2.05) is 12.1 Å². The van der Waals surface area contributed by atoms with Crippen LogP contribution >= 0.6 is 11.6 Å². The van der Waals surface area contributed by atoms with Gasteiger partial charge in [-0.15, -0.1) is 0 Å². The number of benzene rings is 1. The van der Waals surface area contributed by atoms with Crippen LogP contribution in [0.2, 0.25) is 5.02 Å². The maximum atomic E-state index is 15.0. The van der Waals surface area contributed by atoms with Crippen LogP contribution in [0.15, 0.2) is 61.1 Å². The third-order valence-corrected chi connectivity index (χ3v) is 8.41. The lowest BCUT2D eigenvalue weighted by Crippen LogP contribution is -2.47. The van der Waals surface area contributed by atoms with Gasteiger partial charge in [0.15, 0.2) is 0 Å². The third-order valence-electron chi connectivity index (χ3n) is 8.18. The van der Waals surface area contributed by atoms with Gasteiger partial charge < -0.3 is 16.0 Å². The topological polar surface area (TPSA) is 113 Å². The number of urea groups is 1. The number of nitrogens with zero attached hydrogens (tertiary/aromatic N) is 3. The van der Waals surface area contributed by atoms with E-state index < -0.39 is 29.3 Å². The molecule has 0 bridgehead atoms. The van der Waals surface area contributed by atoms with E-state index >= 15 is 4.39 Å². The van der Waals surface area contributed by atoms with E-state index in [-0.39, 0.29) is 17.6 Å². The molecular weight excluding hydrogens is 519 g/mol. The Bertz CT molecular complexity index is 1390. The molecule has 1 unspecified atom stereocenters. The first-order valence-electron chi connectivity index (χ1n) is 13.3. The Morgan fingerprint density at radius 3 is 2.59 bits per heavy atom. The number of carbonyl (C=O) groups is 2. The maximum absolute atomic E-state index is 15.0. The molecule has 3 amide bonds. The van der Waals surface area contributed by atoms with Gasteiger partial charge in [0.2, 0.25) is 5.91 Å². The van der Waals surface area contributed by atoms with Crippen LogP contribution in [0.25, 0.3) is 0 Å². The van der Waals surface area contributed by atoms with Crippen LogP contribution in [0.1, 0.15) is 49.7 Å². The number of hydrogen-bond donors (Lipinski definition) is 3. The molecule has 4 N–H and O–H groups in total. The smallest absolute Gasteiger partial charge is 0.322 e. The molecule has 202 valence electrons. The predicted octanol–water partition coefficient (Wildman–Crippen LogP) is 5.30. The second-order valence-electron chi connectivity index (χ2n) is 10.9. The molecule has 0 radical (unpaired) electrons. The predicted molar refractivity (Wildman–Crippen MR) is 147 cm³/mol. The van der Waals surface area contributed by atoms with Gasteiger partial charge in [0.05, 0.1) is 16.2 Å². The lowest BCUT2D eigenvalue weighted by atomic mass is 9.79. The molecular formula is C29H30ClFN6O2. The number of fused-ring (bicyclic) bond motifs is 1. The van der Waals surface area contributed by atoms with Crippen LogP contribution < -0.4 is 16.4 Å². The SMILES string of the molecule is NC(CCC1CC1)(c1ccncc1)c1ccc(F)c(NC(=O)[C@H]2C[C@H]3C[C@H]3N2C(=O)Nc2ccc(Cl)cn2)c1. The second-order valence-corrected chi connectivity index (χ2v) is 11.3. The summed E-state index contributed by atoms with van der Waals surface area (Å²) in [5.41, 5.74) is 7.81. The van der Waals surface area contributed by atoms with Crippen LogP contribution in [0.4, 0.5) is 20.7 Å². The summed E-state index contributed by atoms with van der Waals surface area (Å²) in [5.74, 6) is 0.279. The van der Waals surface area contributed by atoms with E-state index in [2.05, 4.69) is 20.6 Å². The quantitative estimate of drug-likeness (QED) is 0.354. The largest absolute Gasteiger partial charge is 0.323 e. The minimum atomic E-state index is -0.856. The summed E-state index contributed by atoms with van der Waals surface area (Å²) in [5, 5.41) is 5.95. The van der Waals surface area contributed by atoms with Crippen molar-refractivity contribution in [2.45, 2.75) is 56.1 Å². The van der Waals surface area contributed by atoms with Crippen LogP contribution in [0.3, 0.4) is 0 Å². The number of anilines is 2. The number of aromatic nitrogens is 2. The number of carbonyl (C=O) groups excluding carboxylic acids is 2. The van der Waals surface area contributed by atoms with Gasteiger partial charge in [-0.2, -0.15) is 0 Å². The summed E-state index contributed by atoms with van der Waals surface area (Å²) in [6, 6.07) is 10.5. The molecule has 3 aliphatic rings. The van der Waals surface area contributed by atoms with E-state index in [4.69, 9.17) is 17.3 Å². The summed E-state index contributed by atoms with van der Waals surface area (Å²) in [4.78, 5) is 36.3. The normalized spacial score (nSPS) is 23.1. The monoisotopic (exact) mass is 548 g/mol. The summed E-state index contributed by atoms with van der Waals surface area (Å²) in [7, 11) is 0. The molecule has 3 heterocycles. The molecule has 39 heavy (non-hydrogen) atoms. The van der Waals surface area contributed by atoms with Gasteiger partial charge in [-0.25, -0.2) is 14.2 Å². The molecule has 10 heteroatoms. The highest BCUT2D eigenvalue weighted by molar-refractivity contribution is 6.30. The molecule has 1 aliphatic heterocycles. The van der Waals surface area contributed by atoms with Crippen LogP contribution in [0, 0.1) is 17.7 Å².